The van der Waals surface area contributed by atoms with Crippen LogP contribution >= 0.6 is 22.9 Å². The minimum absolute atomic E-state index is 0.00564. The van der Waals surface area contributed by atoms with E-state index in [1.54, 1.807) is 11.1 Å². The van der Waals surface area contributed by atoms with Gasteiger partial charge in [0.25, 0.3) is 5.91 Å². The standard InChI is InChI=1S/C24H25ClN2O3S/c1-24(2,3)14-6-4-13(5-7-14)19-18-20(28)16-12-15(25)8-9-17(16)30-21(18)22(29)27(19)23-26-10-11-31-23/h4-7,10-11,15-17,19H,8-9,12H2,1-3H3. The Balaban J connectivity index is 1.61. The van der Waals surface area contributed by atoms with E-state index < -0.39 is 6.04 Å². The van der Waals surface area contributed by atoms with E-state index in [2.05, 4.69) is 37.9 Å². The summed E-state index contributed by atoms with van der Waals surface area (Å²) in [6, 6.07) is 7.64. The highest BCUT2D eigenvalue weighted by atomic mass is 35.5. The summed E-state index contributed by atoms with van der Waals surface area (Å²) in [5, 5.41) is 2.37. The SMILES string of the molecule is CC(C)(C)c1ccc(C2C3=C(OC4CCC(Cl)CC4C3=O)C(=O)N2c2nccs2)cc1. The van der Waals surface area contributed by atoms with E-state index in [-0.39, 0.29) is 40.3 Å². The highest BCUT2D eigenvalue weighted by Gasteiger charge is 2.53. The second-order valence-electron chi connectivity index (χ2n) is 9.54. The number of amides is 1. The number of benzene rings is 1. The van der Waals surface area contributed by atoms with Crippen molar-refractivity contribution in [3.8, 4) is 0 Å². The van der Waals surface area contributed by atoms with Crippen molar-refractivity contribution in [2.24, 2.45) is 5.92 Å². The molecule has 0 radical (unpaired) electrons. The summed E-state index contributed by atoms with van der Waals surface area (Å²) < 4.78 is 6.19. The molecule has 2 aromatic rings. The Hall–Kier alpha value is -2.18. The Morgan fingerprint density at radius 2 is 1.90 bits per heavy atom. The number of fused-ring (bicyclic) bond motifs is 1. The number of hydrogen-bond donors (Lipinski definition) is 0. The molecule has 1 aromatic carbocycles. The highest BCUT2D eigenvalue weighted by Crippen LogP contribution is 2.49. The molecule has 0 saturated heterocycles. The van der Waals surface area contributed by atoms with Gasteiger partial charge in [-0.2, -0.15) is 0 Å². The maximum atomic E-state index is 13.7. The summed E-state index contributed by atoms with van der Waals surface area (Å²) in [5.74, 6) is -0.390. The van der Waals surface area contributed by atoms with Crippen molar-refractivity contribution in [1.82, 2.24) is 4.98 Å². The van der Waals surface area contributed by atoms with Gasteiger partial charge in [0, 0.05) is 17.0 Å². The van der Waals surface area contributed by atoms with Gasteiger partial charge in [-0.05, 0) is 35.8 Å². The Morgan fingerprint density at radius 1 is 1.16 bits per heavy atom. The van der Waals surface area contributed by atoms with Gasteiger partial charge in [-0.15, -0.1) is 22.9 Å². The van der Waals surface area contributed by atoms with E-state index >= 15 is 0 Å². The zero-order chi connectivity index (χ0) is 21.9. The van der Waals surface area contributed by atoms with Gasteiger partial charge in [0.2, 0.25) is 0 Å². The fourth-order valence-corrected chi connectivity index (χ4v) is 5.81. The van der Waals surface area contributed by atoms with E-state index in [1.807, 2.05) is 17.5 Å². The zero-order valence-corrected chi connectivity index (χ0v) is 19.4. The zero-order valence-electron chi connectivity index (χ0n) is 17.8. The number of nitrogens with zero attached hydrogens (tertiary/aromatic N) is 2. The first kappa shape index (κ1) is 20.7. The Labute approximate surface area is 191 Å². The smallest absolute Gasteiger partial charge is 0.296 e. The second kappa shape index (κ2) is 7.45. The number of thiazole rings is 1. The third-order valence-corrected chi connectivity index (χ3v) is 7.67. The average Bonchev–Trinajstić information content (AvgIpc) is 3.35. The number of halogens is 1. The van der Waals surface area contributed by atoms with Gasteiger partial charge in [0.1, 0.15) is 6.10 Å². The Morgan fingerprint density at radius 3 is 2.55 bits per heavy atom. The van der Waals surface area contributed by atoms with Crippen LogP contribution in [0.25, 0.3) is 0 Å². The number of Topliss-reactive ketones (excluding diaryl/α,β-unsaturated/α-hetero) is 1. The molecule has 3 heterocycles. The molecule has 31 heavy (non-hydrogen) atoms. The fourth-order valence-electron chi connectivity index (χ4n) is 4.83. The third kappa shape index (κ3) is 3.40. The van der Waals surface area contributed by atoms with Crippen molar-refractivity contribution in [3.05, 3.63) is 58.3 Å². The van der Waals surface area contributed by atoms with Crippen molar-refractivity contribution in [2.45, 2.75) is 63.0 Å². The van der Waals surface area contributed by atoms with Crippen LogP contribution in [0.4, 0.5) is 5.13 Å². The van der Waals surface area contributed by atoms with Gasteiger partial charge >= 0.3 is 0 Å². The average molecular weight is 457 g/mol. The fraction of sp³-hybridized carbons (Fsp3) is 0.458. The third-order valence-electron chi connectivity index (χ3n) is 6.50. The molecule has 0 spiro atoms. The molecule has 1 aromatic heterocycles. The molecule has 0 N–H and O–H groups in total. The first-order chi connectivity index (χ1) is 14.8. The largest absolute Gasteiger partial charge is 0.483 e. The van der Waals surface area contributed by atoms with Gasteiger partial charge in [-0.25, -0.2) is 4.98 Å². The maximum absolute atomic E-state index is 13.7. The molecule has 1 aliphatic carbocycles. The molecular formula is C24H25ClN2O3S. The van der Waals surface area contributed by atoms with Crippen LogP contribution in [0.2, 0.25) is 0 Å². The minimum atomic E-state index is -0.535. The van der Waals surface area contributed by atoms with Crippen molar-refractivity contribution in [1.29, 1.82) is 0 Å². The lowest BCUT2D eigenvalue weighted by molar-refractivity contribution is -0.131. The number of hydrogen-bond acceptors (Lipinski definition) is 5. The van der Waals surface area contributed by atoms with Crippen LogP contribution in [0.1, 0.15) is 57.2 Å². The summed E-state index contributed by atoms with van der Waals surface area (Å²) in [5.41, 5.74) is 2.54. The lowest BCUT2D eigenvalue weighted by atomic mass is 9.77. The normalized spacial score (nSPS) is 28.5. The second-order valence-corrected chi connectivity index (χ2v) is 11.0. The Bertz CT molecular complexity index is 1060. The van der Waals surface area contributed by atoms with Gasteiger partial charge < -0.3 is 4.74 Å². The van der Waals surface area contributed by atoms with Crippen LogP contribution in [0.5, 0.6) is 0 Å². The molecule has 1 amide bonds. The quantitative estimate of drug-likeness (QED) is 0.586. The van der Waals surface area contributed by atoms with Gasteiger partial charge in [-0.1, -0.05) is 45.0 Å². The monoisotopic (exact) mass is 456 g/mol. The van der Waals surface area contributed by atoms with Crippen LogP contribution < -0.4 is 4.90 Å². The van der Waals surface area contributed by atoms with Crippen molar-refractivity contribution in [2.75, 3.05) is 4.90 Å². The molecule has 1 fully saturated rings. The number of carbonyl (C=O) groups excluding carboxylic acids is 2. The molecule has 0 bridgehead atoms. The minimum Gasteiger partial charge on any atom is -0.483 e. The molecular weight excluding hydrogens is 432 g/mol. The predicted octanol–water partition coefficient (Wildman–Crippen LogP) is 5.16. The lowest BCUT2D eigenvalue weighted by Crippen LogP contribution is -2.41. The van der Waals surface area contributed by atoms with Gasteiger partial charge in [-0.3, -0.25) is 14.5 Å². The number of alkyl halides is 1. The molecule has 3 aliphatic rings. The van der Waals surface area contributed by atoms with E-state index in [0.717, 1.165) is 12.0 Å². The lowest BCUT2D eigenvalue weighted by Gasteiger charge is -2.37. The Kier molecular flexibility index (Phi) is 4.98. The van der Waals surface area contributed by atoms with Crippen LogP contribution in [-0.2, 0) is 19.7 Å². The number of anilines is 1. The molecule has 7 heteroatoms. The topological polar surface area (TPSA) is 59.5 Å². The van der Waals surface area contributed by atoms with Crippen molar-refractivity contribution < 1.29 is 14.3 Å². The summed E-state index contributed by atoms with van der Waals surface area (Å²) in [6.07, 6.45) is 3.47. The van der Waals surface area contributed by atoms with Crippen molar-refractivity contribution >= 4 is 39.8 Å². The molecule has 4 atom stereocenters. The first-order valence-corrected chi connectivity index (χ1v) is 12.0. The van der Waals surface area contributed by atoms with Crippen LogP contribution in [-0.4, -0.2) is 28.2 Å². The van der Waals surface area contributed by atoms with Crippen LogP contribution in [0.15, 0.2) is 47.2 Å². The molecule has 162 valence electrons. The predicted molar refractivity (Wildman–Crippen MR) is 121 cm³/mol. The van der Waals surface area contributed by atoms with Gasteiger partial charge in [0.05, 0.1) is 17.5 Å². The van der Waals surface area contributed by atoms with E-state index in [1.165, 1.54) is 16.9 Å². The summed E-state index contributed by atoms with van der Waals surface area (Å²) in [4.78, 5) is 33.1. The van der Waals surface area contributed by atoms with Gasteiger partial charge in [0.15, 0.2) is 16.7 Å². The van der Waals surface area contributed by atoms with E-state index in [0.29, 0.717) is 23.5 Å². The molecule has 2 aliphatic heterocycles. The molecule has 5 nitrogen and oxygen atoms in total. The highest BCUT2D eigenvalue weighted by molar-refractivity contribution is 7.13. The molecule has 5 rings (SSSR count). The van der Waals surface area contributed by atoms with E-state index in [4.69, 9.17) is 16.3 Å². The number of aromatic nitrogens is 1. The summed E-state index contributed by atoms with van der Waals surface area (Å²) >= 11 is 7.77. The number of rotatable bonds is 2. The molecule has 1 saturated carbocycles. The number of ether oxygens (including phenoxy) is 1. The van der Waals surface area contributed by atoms with Crippen molar-refractivity contribution in [3.63, 3.8) is 0 Å². The van der Waals surface area contributed by atoms with Crippen LogP contribution in [0.3, 0.4) is 0 Å². The summed E-state index contributed by atoms with van der Waals surface area (Å²) in [7, 11) is 0. The summed E-state index contributed by atoms with van der Waals surface area (Å²) in [6.45, 7) is 6.48. The maximum Gasteiger partial charge on any atom is 0.296 e. The van der Waals surface area contributed by atoms with Crippen LogP contribution in [0, 0.1) is 5.92 Å². The van der Waals surface area contributed by atoms with E-state index in [9.17, 15) is 9.59 Å². The first-order valence-electron chi connectivity index (χ1n) is 10.7. The number of carbonyl (C=O) groups is 2. The molecule has 4 unspecified atom stereocenters. The number of ketones is 1.